The Hall–Kier alpha value is -2.17. The number of nitrogens with two attached hydrogens (primary N) is 1. The molecular weight excluding hydrogens is 182 g/mol. The van der Waals surface area contributed by atoms with Crippen LogP contribution in [0.25, 0.3) is 11.3 Å². The van der Waals surface area contributed by atoms with Crippen LogP contribution in [0.2, 0.25) is 0 Å². The fourth-order valence-electron chi connectivity index (χ4n) is 1.14. The molecule has 70 valence electrons. The van der Waals surface area contributed by atoms with Crippen molar-refractivity contribution in [1.29, 1.82) is 0 Å². The number of hydrogen-bond donors (Lipinski definition) is 1. The zero-order chi connectivity index (χ0) is 9.97. The predicted octanol–water partition coefficient (Wildman–Crippen LogP) is 0.835. The molecule has 0 atom stereocenters. The second-order valence-corrected chi connectivity index (χ2v) is 2.69. The molecule has 0 radical (unpaired) electrons. The maximum absolute atomic E-state index is 10.9. The molecule has 0 unspecified atom stereocenters. The lowest BCUT2D eigenvalue weighted by molar-refractivity contribution is 0.0991. The summed E-state index contributed by atoms with van der Waals surface area (Å²) in [5, 5.41) is 7.05. The molecular formula is C9H7N3O2. The smallest absolute Gasteiger partial charge is 0.273 e. The van der Waals surface area contributed by atoms with Gasteiger partial charge in [-0.3, -0.25) is 4.79 Å². The Morgan fingerprint density at radius 2 is 1.93 bits per heavy atom. The van der Waals surface area contributed by atoms with E-state index in [1.165, 1.54) is 0 Å². The summed E-state index contributed by atoms with van der Waals surface area (Å²) in [5.74, 6) is -0.648. The fraction of sp³-hybridized carbons (Fsp3) is 0. The molecule has 0 aliphatic carbocycles. The van der Waals surface area contributed by atoms with Crippen molar-refractivity contribution in [2.24, 2.45) is 5.73 Å². The van der Waals surface area contributed by atoms with Crippen LogP contribution in [0.3, 0.4) is 0 Å². The van der Waals surface area contributed by atoms with Crippen LogP contribution in [0, 0.1) is 0 Å². The van der Waals surface area contributed by atoms with Gasteiger partial charge in [0, 0.05) is 5.56 Å². The molecule has 14 heavy (non-hydrogen) atoms. The Balaban J connectivity index is 2.52. The van der Waals surface area contributed by atoms with Crippen molar-refractivity contribution in [3.63, 3.8) is 0 Å². The van der Waals surface area contributed by atoms with Gasteiger partial charge in [0.2, 0.25) is 0 Å². The first-order valence-corrected chi connectivity index (χ1v) is 3.97. The van der Waals surface area contributed by atoms with E-state index in [0.29, 0.717) is 5.69 Å². The molecule has 2 aromatic rings. The number of nitrogens with zero attached hydrogens (tertiary/aromatic N) is 2. The number of carbonyl (C=O) groups is 1. The van der Waals surface area contributed by atoms with Crippen LogP contribution in [-0.2, 0) is 0 Å². The normalized spacial score (nSPS) is 10.0. The largest absolute Gasteiger partial charge is 0.364 e. The monoisotopic (exact) mass is 189 g/mol. The summed E-state index contributed by atoms with van der Waals surface area (Å²) in [6, 6.07) is 9.11. The molecule has 0 aliphatic rings. The second kappa shape index (κ2) is 3.29. The maximum Gasteiger partial charge on any atom is 0.273 e. The van der Waals surface area contributed by atoms with Gasteiger partial charge in [-0.05, 0) is 10.3 Å². The Morgan fingerprint density at radius 1 is 1.21 bits per heavy atom. The molecule has 1 aromatic heterocycles. The topological polar surface area (TPSA) is 82.0 Å². The van der Waals surface area contributed by atoms with E-state index in [1.54, 1.807) is 12.1 Å². The number of primary amides is 1. The van der Waals surface area contributed by atoms with E-state index in [9.17, 15) is 4.79 Å². The van der Waals surface area contributed by atoms with Crippen molar-refractivity contribution in [3.8, 4) is 11.3 Å². The van der Waals surface area contributed by atoms with Crippen LogP contribution < -0.4 is 5.73 Å². The second-order valence-electron chi connectivity index (χ2n) is 2.69. The summed E-state index contributed by atoms with van der Waals surface area (Å²) >= 11 is 0. The number of rotatable bonds is 2. The quantitative estimate of drug-likeness (QED) is 0.758. The van der Waals surface area contributed by atoms with Gasteiger partial charge in [-0.15, -0.1) is 0 Å². The molecule has 1 heterocycles. The number of hydrogen-bond acceptors (Lipinski definition) is 4. The first-order chi connectivity index (χ1) is 6.79. The van der Waals surface area contributed by atoms with E-state index in [2.05, 4.69) is 14.9 Å². The minimum Gasteiger partial charge on any atom is -0.364 e. The highest BCUT2D eigenvalue weighted by molar-refractivity contribution is 5.96. The third-order valence-corrected chi connectivity index (χ3v) is 1.77. The van der Waals surface area contributed by atoms with Crippen LogP contribution in [0.15, 0.2) is 35.0 Å². The number of benzene rings is 1. The van der Waals surface area contributed by atoms with Gasteiger partial charge in [0.25, 0.3) is 5.91 Å². The van der Waals surface area contributed by atoms with Crippen molar-refractivity contribution in [2.45, 2.75) is 0 Å². The highest BCUT2D eigenvalue weighted by Gasteiger charge is 2.16. The van der Waals surface area contributed by atoms with Crippen LogP contribution in [0.1, 0.15) is 10.5 Å². The minimum absolute atomic E-state index is 0.0520. The maximum atomic E-state index is 10.9. The zero-order valence-corrected chi connectivity index (χ0v) is 7.18. The summed E-state index contributed by atoms with van der Waals surface area (Å²) in [4.78, 5) is 10.9. The van der Waals surface area contributed by atoms with Crippen LogP contribution in [0.5, 0.6) is 0 Å². The SMILES string of the molecule is NC(=O)c1nonc1-c1ccccc1. The van der Waals surface area contributed by atoms with Crippen molar-refractivity contribution < 1.29 is 9.42 Å². The van der Waals surface area contributed by atoms with E-state index < -0.39 is 5.91 Å². The molecule has 2 rings (SSSR count). The lowest BCUT2D eigenvalue weighted by Gasteiger charge is -1.94. The minimum atomic E-state index is -0.648. The Bertz CT molecular complexity index is 450. The first-order valence-electron chi connectivity index (χ1n) is 3.97. The van der Waals surface area contributed by atoms with E-state index >= 15 is 0 Å². The molecule has 1 amide bonds. The zero-order valence-electron chi connectivity index (χ0n) is 7.18. The lowest BCUT2D eigenvalue weighted by atomic mass is 10.1. The molecule has 0 saturated heterocycles. The summed E-state index contributed by atoms with van der Waals surface area (Å²) in [5.41, 5.74) is 6.27. The number of carbonyl (C=O) groups excluding carboxylic acids is 1. The molecule has 0 fully saturated rings. The van der Waals surface area contributed by atoms with Crippen molar-refractivity contribution >= 4 is 5.91 Å². The van der Waals surface area contributed by atoms with E-state index in [-0.39, 0.29) is 5.69 Å². The highest BCUT2D eigenvalue weighted by Crippen LogP contribution is 2.18. The third kappa shape index (κ3) is 1.35. The van der Waals surface area contributed by atoms with Crippen LogP contribution >= 0.6 is 0 Å². The summed E-state index contributed by atoms with van der Waals surface area (Å²) < 4.78 is 4.46. The third-order valence-electron chi connectivity index (χ3n) is 1.77. The first kappa shape index (κ1) is 8.43. The molecule has 5 heteroatoms. The van der Waals surface area contributed by atoms with Crippen molar-refractivity contribution in [3.05, 3.63) is 36.0 Å². The van der Waals surface area contributed by atoms with Crippen LogP contribution in [-0.4, -0.2) is 16.2 Å². The Labute approximate surface area is 79.5 Å². The summed E-state index contributed by atoms with van der Waals surface area (Å²) in [6.07, 6.45) is 0. The van der Waals surface area contributed by atoms with E-state index in [1.807, 2.05) is 18.2 Å². The highest BCUT2D eigenvalue weighted by atomic mass is 16.6. The summed E-state index contributed by atoms with van der Waals surface area (Å²) in [6.45, 7) is 0. The number of amides is 1. The Morgan fingerprint density at radius 3 is 2.57 bits per heavy atom. The Kier molecular flexibility index (Phi) is 1.98. The molecule has 5 nitrogen and oxygen atoms in total. The molecule has 0 saturated carbocycles. The van der Waals surface area contributed by atoms with Gasteiger partial charge in [-0.1, -0.05) is 30.3 Å². The molecule has 1 aromatic carbocycles. The molecule has 0 spiro atoms. The van der Waals surface area contributed by atoms with Crippen LogP contribution in [0.4, 0.5) is 0 Å². The lowest BCUT2D eigenvalue weighted by Crippen LogP contribution is -2.12. The van der Waals surface area contributed by atoms with Gasteiger partial charge in [-0.25, -0.2) is 4.63 Å². The standard InChI is InChI=1S/C9H7N3O2/c10-9(13)8-7(11-14-12-8)6-4-2-1-3-5-6/h1-5H,(H2,10,13). The van der Waals surface area contributed by atoms with Crippen molar-refractivity contribution in [2.75, 3.05) is 0 Å². The summed E-state index contributed by atoms with van der Waals surface area (Å²) in [7, 11) is 0. The van der Waals surface area contributed by atoms with Gasteiger partial charge < -0.3 is 5.73 Å². The average molecular weight is 189 g/mol. The number of aromatic nitrogens is 2. The molecule has 0 bridgehead atoms. The van der Waals surface area contributed by atoms with Gasteiger partial charge in [0.05, 0.1) is 0 Å². The van der Waals surface area contributed by atoms with Gasteiger partial charge in [-0.2, -0.15) is 0 Å². The molecule has 0 aliphatic heterocycles. The average Bonchev–Trinajstić information content (AvgIpc) is 2.67. The predicted molar refractivity (Wildman–Crippen MR) is 48.3 cm³/mol. The van der Waals surface area contributed by atoms with Gasteiger partial charge in [0.15, 0.2) is 5.69 Å². The fourth-order valence-corrected chi connectivity index (χ4v) is 1.14. The van der Waals surface area contributed by atoms with Gasteiger partial charge in [0.1, 0.15) is 5.69 Å². The van der Waals surface area contributed by atoms with E-state index in [0.717, 1.165) is 5.56 Å². The van der Waals surface area contributed by atoms with Crippen molar-refractivity contribution in [1.82, 2.24) is 10.3 Å². The molecule has 2 N–H and O–H groups in total. The van der Waals surface area contributed by atoms with Gasteiger partial charge >= 0.3 is 0 Å². The van der Waals surface area contributed by atoms with E-state index in [4.69, 9.17) is 5.73 Å².